The van der Waals surface area contributed by atoms with E-state index in [0.717, 1.165) is 0 Å². The molecule has 0 saturated heterocycles. The first-order chi connectivity index (χ1) is 4.06. The molecule has 0 saturated carbocycles. The van der Waals surface area contributed by atoms with Gasteiger partial charge in [-0.3, -0.25) is 0 Å². The summed E-state index contributed by atoms with van der Waals surface area (Å²) < 4.78 is 0. The molecule has 0 N–H and O–H groups in total. The maximum absolute atomic E-state index is 8.65. The Kier molecular flexibility index (Phi) is 3.24. The molecule has 0 aromatic rings. The second kappa shape index (κ2) is 3.24. The van der Waals surface area contributed by atoms with Crippen LogP contribution in [0.4, 0.5) is 0 Å². The molecule has 1 radical (unpaired) electrons. The van der Waals surface area contributed by atoms with Crippen molar-refractivity contribution in [3.05, 3.63) is 0 Å². The molecular weight excluding hydrogens is 150 g/mol. The molecule has 0 aromatic carbocycles. The highest BCUT2D eigenvalue weighted by atomic mass is 35.5. The van der Waals surface area contributed by atoms with Gasteiger partial charge in [0.1, 0.15) is 0 Å². The van der Waals surface area contributed by atoms with E-state index in [4.69, 9.17) is 16.9 Å². The maximum atomic E-state index is 8.65. The Hall–Kier alpha value is -0.00312. The standard InChI is InChI=1S/C6H11ClNSi/c1-6(4-7,5-8)9(2)3/h4H2,1-3H3. The summed E-state index contributed by atoms with van der Waals surface area (Å²) >= 11 is 5.61. The molecule has 3 heteroatoms. The Balaban J connectivity index is 4.14. The second-order valence-electron chi connectivity index (χ2n) is 2.58. The molecule has 0 fully saturated rings. The van der Waals surface area contributed by atoms with E-state index in [0.29, 0.717) is 5.88 Å². The zero-order valence-electron chi connectivity index (χ0n) is 6.03. The predicted molar refractivity (Wildman–Crippen MR) is 42.2 cm³/mol. The van der Waals surface area contributed by atoms with E-state index in [1.807, 2.05) is 6.92 Å². The Bertz CT molecular complexity index is 130. The highest BCUT2D eigenvalue weighted by molar-refractivity contribution is 6.61. The van der Waals surface area contributed by atoms with Crippen LogP contribution >= 0.6 is 11.6 Å². The van der Waals surface area contributed by atoms with Crippen LogP contribution in [0.1, 0.15) is 6.92 Å². The molecule has 0 bridgehead atoms. The third-order valence-electron chi connectivity index (χ3n) is 1.62. The van der Waals surface area contributed by atoms with Gasteiger partial charge in [-0.15, -0.1) is 11.6 Å². The van der Waals surface area contributed by atoms with E-state index < -0.39 is 8.80 Å². The lowest BCUT2D eigenvalue weighted by atomic mass is 10.2. The Labute approximate surface area is 63.2 Å². The van der Waals surface area contributed by atoms with Crippen LogP contribution in [-0.4, -0.2) is 14.7 Å². The van der Waals surface area contributed by atoms with E-state index in [9.17, 15) is 0 Å². The fourth-order valence-electron chi connectivity index (χ4n) is 0.275. The van der Waals surface area contributed by atoms with Crippen molar-refractivity contribution in [2.24, 2.45) is 0 Å². The van der Waals surface area contributed by atoms with Crippen LogP contribution in [-0.2, 0) is 0 Å². The Morgan fingerprint density at radius 3 is 2.11 bits per heavy atom. The van der Waals surface area contributed by atoms with Crippen LogP contribution in [0.5, 0.6) is 0 Å². The van der Waals surface area contributed by atoms with Gasteiger partial charge in [0.2, 0.25) is 0 Å². The largest absolute Gasteiger partial charge is 0.198 e. The topological polar surface area (TPSA) is 23.8 Å². The van der Waals surface area contributed by atoms with Crippen LogP contribution < -0.4 is 0 Å². The van der Waals surface area contributed by atoms with Crippen molar-refractivity contribution in [1.29, 1.82) is 5.26 Å². The first-order valence-electron chi connectivity index (χ1n) is 2.84. The van der Waals surface area contributed by atoms with Gasteiger partial charge in [0, 0.05) is 5.88 Å². The summed E-state index contributed by atoms with van der Waals surface area (Å²) in [5.74, 6) is 0.463. The quantitative estimate of drug-likeness (QED) is 0.449. The predicted octanol–water partition coefficient (Wildman–Crippen LogP) is 2.26. The number of rotatable bonds is 2. The molecule has 51 valence electrons. The lowest BCUT2D eigenvalue weighted by molar-refractivity contribution is 0.857. The smallest absolute Gasteiger partial charge is 0.0680 e. The fourth-order valence-corrected chi connectivity index (χ4v) is 1.63. The molecule has 0 aliphatic heterocycles. The van der Waals surface area contributed by atoms with Gasteiger partial charge in [-0.25, -0.2) is 0 Å². The highest BCUT2D eigenvalue weighted by Gasteiger charge is 2.27. The molecule has 1 atom stereocenters. The van der Waals surface area contributed by atoms with Gasteiger partial charge in [0.05, 0.1) is 19.9 Å². The minimum atomic E-state index is -0.566. The molecule has 1 nitrogen and oxygen atoms in total. The number of nitriles is 1. The summed E-state index contributed by atoms with van der Waals surface area (Å²) in [6.07, 6.45) is 0. The van der Waals surface area contributed by atoms with E-state index in [1.165, 1.54) is 0 Å². The Morgan fingerprint density at radius 1 is 1.67 bits per heavy atom. The van der Waals surface area contributed by atoms with Crippen molar-refractivity contribution in [2.45, 2.75) is 25.1 Å². The van der Waals surface area contributed by atoms with E-state index in [1.54, 1.807) is 0 Å². The Morgan fingerprint density at radius 2 is 2.11 bits per heavy atom. The van der Waals surface area contributed by atoms with Gasteiger partial charge in [-0.05, 0) is 6.92 Å². The maximum Gasteiger partial charge on any atom is 0.0680 e. The molecule has 0 heterocycles. The highest BCUT2D eigenvalue weighted by Crippen LogP contribution is 2.28. The van der Waals surface area contributed by atoms with Crippen molar-refractivity contribution in [2.75, 3.05) is 5.88 Å². The van der Waals surface area contributed by atoms with E-state index >= 15 is 0 Å². The minimum absolute atomic E-state index is 0.244. The lowest BCUT2D eigenvalue weighted by Crippen LogP contribution is -2.24. The third-order valence-corrected chi connectivity index (χ3v) is 4.87. The van der Waals surface area contributed by atoms with Crippen molar-refractivity contribution in [1.82, 2.24) is 0 Å². The van der Waals surface area contributed by atoms with Crippen molar-refractivity contribution in [3.8, 4) is 6.07 Å². The van der Waals surface area contributed by atoms with Crippen molar-refractivity contribution in [3.63, 3.8) is 0 Å². The fraction of sp³-hybridized carbons (Fsp3) is 0.833. The third kappa shape index (κ3) is 2.00. The summed E-state index contributed by atoms with van der Waals surface area (Å²) in [7, 11) is -0.566. The number of nitrogens with zero attached hydrogens (tertiary/aromatic N) is 1. The van der Waals surface area contributed by atoms with Crippen LogP contribution in [0.25, 0.3) is 0 Å². The van der Waals surface area contributed by atoms with Crippen molar-refractivity contribution < 1.29 is 0 Å². The average molecular weight is 161 g/mol. The van der Waals surface area contributed by atoms with Gasteiger partial charge < -0.3 is 0 Å². The molecule has 1 unspecified atom stereocenters. The van der Waals surface area contributed by atoms with Crippen LogP contribution in [0.2, 0.25) is 18.1 Å². The molecule has 0 aliphatic rings. The zero-order valence-corrected chi connectivity index (χ0v) is 7.79. The molecule has 0 aliphatic carbocycles. The number of halogens is 1. The average Bonchev–Trinajstić information content (AvgIpc) is 1.86. The number of alkyl halides is 1. The van der Waals surface area contributed by atoms with E-state index in [-0.39, 0.29) is 5.04 Å². The van der Waals surface area contributed by atoms with Gasteiger partial charge >= 0.3 is 0 Å². The number of hydrogen-bond donors (Lipinski definition) is 0. The second-order valence-corrected chi connectivity index (χ2v) is 5.95. The van der Waals surface area contributed by atoms with Gasteiger partial charge in [-0.1, -0.05) is 13.1 Å². The first kappa shape index (κ1) is 9.00. The normalized spacial score (nSPS) is 16.9. The van der Waals surface area contributed by atoms with Gasteiger partial charge in [0.25, 0.3) is 0 Å². The summed E-state index contributed by atoms with van der Waals surface area (Å²) in [6, 6.07) is 2.24. The molecular formula is C6H11ClNSi. The number of hydrogen-bond acceptors (Lipinski definition) is 1. The van der Waals surface area contributed by atoms with Crippen LogP contribution in [0.3, 0.4) is 0 Å². The first-order valence-corrected chi connectivity index (χ1v) is 5.88. The molecule has 0 amide bonds. The lowest BCUT2D eigenvalue weighted by Gasteiger charge is -2.20. The van der Waals surface area contributed by atoms with Crippen molar-refractivity contribution >= 4 is 20.4 Å². The van der Waals surface area contributed by atoms with Crippen LogP contribution in [0, 0.1) is 11.3 Å². The molecule has 0 spiro atoms. The monoisotopic (exact) mass is 160 g/mol. The van der Waals surface area contributed by atoms with Gasteiger partial charge in [0.15, 0.2) is 0 Å². The van der Waals surface area contributed by atoms with E-state index in [2.05, 4.69) is 19.2 Å². The molecule has 0 aromatic heterocycles. The zero-order chi connectivity index (χ0) is 7.49. The minimum Gasteiger partial charge on any atom is -0.198 e. The van der Waals surface area contributed by atoms with Gasteiger partial charge in [-0.2, -0.15) is 5.26 Å². The summed E-state index contributed by atoms with van der Waals surface area (Å²) in [6.45, 7) is 6.14. The molecule has 9 heavy (non-hydrogen) atoms. The summed E-state index contributed by atoms with van der Waals surface area (Å²) in [4.78, 5) is 0. The van der Waals surface area contributed by atoms with Crippen LogP contribution in [0.15, 0.2) is 0 Å². The SMILES string of the molecule is C[Si](C)C(C)(C#N)CCl. The summed E-state index contributed by atoms with van der Waals surface area (Å²) in [5, 5.41) is 8.40. The molecule has 0 rings (SSSR count). The summed E-state index contributed by atoms with van der Waals surface area (Å²) in [5.41, 5.74) is 0.